The van der Waals surface area contributed by atoms with Crippen molar-refractivity contribution in [3.63, 3.8) is 0 Å². The number of rotatable bonds is 4. The van der Waals surface area contributed by atoms with E-state index in [1.807, 2.05) is 19.1 Å². The summed E-state index contributed by atoms with van der Waals surface area (Å²) in [6.07, 6.45) is 2.92. The maximum atomic E-state index is 6.02. The van der Waals surface area contributed by atoms with Crippen LogP contribution in [0.2, 0.25) is 5.28 Å². The van der Waals surface area contributed by atoms with Gasteiger partial charge in [-0.1, -0.05) is 18.2 Å². The molecule has 0 fully saturated rings. The lowest BCUT2D eigenvalue weighted by atomic mass is 10.1. The van der Waals surface area contributed by atoms with Crippen LogP contribution in [0.3, 0.4) is 0 Å². The van der Waals surface area contributed by atoms with E-state index < -0.39 is 0 Å². The van der Waals surface area contributed by atoms with Gasteiger partial charge in [0.15, 0.2) is 11.6 Å². The highest BCUT2D eigenvalue weighted by atomic mass is 35.5. The first-order valence-corrected chi connectivity index (χ1v) is 8.34. The Morgan fingerprint density at radius 2 is 2.21 bits per heavy atom. The van der Waals surface area contributed by atoms with E-state index in [9.17, 15) is 0 Å². The quantitative estimate of drug-likeness (QED) is 0.632. The molecule has 0 radical (unpaired) electrons. The van der Waals surface area contributed by atoms with Gasteiger partial charge < -0.3 is 20.4 Å². The van der Waals surface area contributed by atoms with E-state index in [0.29, 0.717) is 24.0 Å². The Kier molecular flexibility index (Phi) is 3.90. The maximum absolute atomic E-state index is 6.02. The number of ether oxygens (including phenoxy) is 1. The number of benzene rings is 1. The predicted octanol–water partition coefficient (Wildman–Crippen LogP) is 3.46. The van der Waals surface area contributed by atoms with E-state index in [0.717, 1.165) is 18.5 Å². The Morgan fingerprint density at radius 3 is 3.12 bits per heavy atom. The van der Waals surface area contributed by atoms with Gasteiger partial charge >= 0.3 is 0 Å². The molecule has 0 saturated carbocycles. The first-order chi connectivity index (χ1) is 11.7. The molecule has 0 bridgehead atoms. The Balaban J connectivity index is 1.50. The van der Waals surface area contributed by atoms with Crippen molar-refractivity contribution >= 4 is 34.1 Å². The SMILES string of the molecule is CC1COc2c(NCCc3c[nH]c4ccccc34)nc(Cl)nc2N1. The normalized spacial score (nSPS) is 16.3. The Hall–Kier alpha value is -2.47. The molecule has 0 saturated heterocycles. The van der Waals surface area contributed by atoms with Gasteiger partial charge in [-0.25, -0.2) is 0 Å². The molecule has 3 N–H and O–H groups in total. The lowest BCUT2D eigenvalue weighted by Gasteiger charge is -2.25. The van der Waals surface area contributed by atoms with Crippen LogP contribution in [-0.4, -0.2) is 34.1 Å². The molecule has 6 nitrogen and oxygen atoms in total. The van der Waals surface area contributed by atoms with E-state index >= 15 is 0 Å². The number of halogens is 1. The molecule has 24 heavy (non-hydrogen) atoms. The van der Waals surface area contributed by atoms with Crippen LogP contribution in [-0.2, 0) is 6.42 Å². The van der Waals surface area contributed by atoms with Crippen LogP contribution in [0.1, 0.15) is 12.5 Å². The third kappa shape index (κ3) is 2.85. The van der Waals surface area contributed by atoms with E-state index in [4.69, 9.17) is 16.3 Å². The topological polar surface area (TPSA) is 74.9 Å². The minimum absolute atomic E-state index is 0.197. The van der Waals surface area contributed by atoms with Gasteiger partial charge in [-0.05, 0) is 36.6 Å². The van der Waals surface area contributed by atoms with E-state index in [1.54, 1.807) is 0 Å². The zero-order valence-corrected chi connectivity index (χ0v) is 14.0. The molecule has 1 aromatic carbocycles. The summed E-state index contributed by atoms with van der Waals surface area (Å²) in [6, 6.07) is 8.48. The molecular weight excluding hydrogens is 326 g/mol. The lowest BCUT2D eigenvalue weighted by Crippen LogP contribution is -2.30. The smallest absolute Gasteiger partial charge is 0.226 e. The molecule has 1 aliphatic heterocycles. The summed E-state index contributed by atoms with van der Waals surface area (Å²) < 4.78 is 5.77. The fourth-order valence-corrected chi connectivity index (χ4v) is 3.08. The van der Waals surface area contributed by atoms with E-state index in [-0.39, 0.29) is 11.3 Å². The molecule has 0 aliphatic carbocycles. The Labute approximate surface area is 144 Å². The summed E-state index contributed by atoms with van der Waals surface area (Å²) in [4.78, 5) is 11.8. The van der Waals surface area contributed by atoms with Crippen molar-refractivity contribution in [2.24, 2.45) is 0 Å². The van der Waals surface area contributed by atoms with Gasteiger partial charge in [0.05, 0.1) is 6.04 Å². The second kappa shape index (κ2) is 6.20. The number of aromatic amines is 1. The number of anilines is 2. The number of hydrogen-bond donors (Lipinski definition) is 3. The van der Waals surface area contributed by atoms with Crippen molar-refractivity contribution in [1.82, 2.24) is 15.0 Å². The predicted molar refractivity (Wildman–Crippen MR) is 96.1 cm³/mol. The van der Waals surface area contributed by atoms with Gasteiger partial charge in [0, 0.05) is 23.6 Å². The summed E-state index contributed by atoms with van der Waals surface area (Å²) in [6.45, 7) is 3.33. The number of hydrogen-bond acceptors (Lipinski definition) is 5. The van der Waals surface area contributed by atoms with Crippen LogP contribution in [0.5, 0.6) is 5.75 Å². The monoisotopic (exact) mass is 343 g/mol. The third-order valence-corrected chi connectivity index (χ3v) is 4.23. The van der Waals surface area contributed by atoms with Gasteiger partial charge in [0.25, 0.3) is 0 Å². The van der Waals surface area contributed by atoms with Crippen molar-refractivity contribution in [1.29, 1.82) is 0 Å². The molecule has 0 amide bonds. The zero-order valence-electron chi connectivity index (χ0n) is 13.3. The highest BCUT2D eigenvalue weighted by Gasteiger charge is 2.22. The van der Waals surface area contributed by atoms with Crippen molar-refractivity contribution < 1.29 is 4.74 Å². The average molecular weight is 344 g/mol. The highest BCUT2D eigenvalue weighted by molar-refractivity contribution is 6.28. The Bertz CT molecular complexity index is 879. The summed E-state index contributed by atoms with van der Waals surface area (Å²) in [5.74, 6) is 1.91. The van der Waals surface area contributed by atoms with Crippen molar-refractivity contribution in [3.05, 3.63) is 41.3 Å². The van der Waals surface area contributed by atoms with Crippen LogP contribution in [0, 0.1) is 0 Å². The summed E-state index contributed by atoms with van der Waals surface area (Å²) in [5.41, 5.74) is 2.41. The van der Waals surface area contributed by atoms with Gasteiger partial charge in [-0.15, -0.1) is 0 Å². The van der Waals surface area contributed by atoms with Gasteiger partial charge in [-0.2, -0.15) is 9.97 Å². The molecule has 4 rings (SSSR count). The van der Waals surface area contributed by atoms with E-state index in [1.165, 1.54) is 10.9 Å². The number of para-hydroxylation sites is 1. The molecule has 0 spiro atoms. The average Bonchev–Trinajstić information content (AvgIpc) is 2.97. The van der Waals surface area contributed by atoms with Crippen LogP contribution in [0.15, 0.2) is 30.5 Å². The second-order valence-corrected chi connectivity index (χ2v) is 6.25. The molecule has 1 unspecified atom stereocenters. The lowest BCUT2D eigenvalue weighted by molar-refractivity contribution is 0.290. The summed E-state index contributed by atoms with van der Waals surface area (Å²) in [7, 11) is 0. The molecule has 2 aromatic heterocycles. The summed E-state index contributed by atoms with van der Waals surface area (Å²) >= 11 is 6.02. The zero-order chi connectivity index (χ0) is 16.5. The van der Waals surface area contributed by atoms with Gasteiger partial charge in [0.1, 0.15) is 6.61 Å². The third-order valence-electron chi connectivity index (χ3n) is 4.06. The van der Waals surface area contributed by atoms with Gasteiger partial charge in [-0.3, -0.25) is 0 Å². The molecular formula is C17H18ClN5O. The van der Waals surface area contributed by atoms with Crippen LogP contribution in [0.4, 0.5) is 11.6 Å². The molecule has 3 heterocycles. The van der Waals surface area contributed by atoms with Crippen LogP contribution < -0.4 is 15.4 Å². The fraction of sp³-hybridized carbons (Fsp3) is 0.294. The van der Waals surface area contributed by atoms with Crippen molar-refractivity contribution in [3.8, 4) is 5.75 Å². The van der Waals surface area contributed by atoms with Crippen LogP contribution >= 0.6 is 11.6 Å². The fourth-order valence-electron chi connectivity index (χ4n) is 2.91. The number of aromatic nitrogens is 3. The first-order valence-electron chi connectivity index (χ1n) is 7.96. The Morgan fingerprint density at radius 1 is 1.33 bits per heavy atom. The van der Waals surface area contributed by atoms with Crippen LogP contribution in [0.25, 0.3) is 10.9 Å². The number of H-pyrrole nitrogens is 1. The molecule has 124 valence electrons. The molecule has 3 aromatic rings. The van der Waals surface area contributed by atoms with E-state index in [2.05, 4.69) is 43.9 Å². The second-order valence-electron chi connectivity index (χ2n) is 5.91. The standard InChI is InChI=1S/C17H18ClN5O/c1-10-9-24-14-15(22-17(18)23-16(14)21-10)19-7-6-11-8-20-13-5-3-2-4-12(11)13/h2-5,8,10,20H,6-7,9H2,1H3,(H2,19,21,22,23). The number of nitrogens with zero attached hydrogens (tertiary/aromatic N) is 2. The first kappa shape index (κ1) is 15.1. The number of fused-ring (bicyclic) bond motifs is 2. The van der Waals surface area contributed by atoms with Gasteiger partial charge in [0.2, 0.25) is 11.0 Å². The summed E-state index contributed by atoms with van der Waals surface area (Å²) in [5, 5.41) is 8.03. The molecule has 1 aliphatic rings. The highest BCUT2D eigenvalue weighted by Crippen LogP contribution is 2.34. The largest absolute Gasteiger partial charge is 0.484 e. The molecule has 7 heteroatoms. The minimum Gasteiger partial charge on any atom is -0.484 e. The van der Waals surface area contributed by atoms with Crippen molar-refractivity contribution in [2.45, 2.75) is 19.4 Å². The minimum atomic E-state index is 0.197. The molecule has 1 atom stereocenters. The maximum Gasteiger partial charge on any atom is 0.226 e. The number of nitrogens with one attached hydrogen (secondary N) is 3. The van der Waals surface area contributed by atoms with Crippen molar-refractivity contribution in [2.75, 3.05) is 23.8 Å².